The number of nitrogens with zero attached hydrogens (tertiary/aromatic N) is 3. The molecule has 1 aromatic carbocycles. The van der Waals surface area contributed by atoms with Gasteiger partial charge in [0.1, 0.15) is 0 Å². The highest BCUT2D eigenvalue weighted by Gasteiger charge is 2.35. The summed E-state index contributed by atoms with van der Waals surface area (Å²) < 4.78 is 40.0. The van der Waals surface area contributed by atoms with Gasteiger partial charge in [-0.25, -0.2) is 0 Å². The van der Waals surface area contributed by atoms with E-state index in [1.54, 1.807) is 11.0 Å². The molecule has 0 aliphatic carbocycles. The molecule has 142 valence electrons. The Morgan fingerprint density at radius 2 is 2.00 bits per heavy atom. The van der Waals surface area contributed by atoms with Crippen molar-refractivity contribution in [3.8, 4) is 0 Å². The summed E-state index contributed by atoms with van der Waals surface area (Å²) >= 11 is 3.32. The molecule has 0 fully saturated rings. The molecule has 27 heavy (non-hydrogen) atoms. The topological polar surface area (TPSA) is 45.6 Å². The SMILES string of the molecule is C=CCSC(=NC(=O)c1cnccc1C(F)(F)F)N(CI)c1ccccc1. The number of pyridine rings is 1. The van der Waals surface area contributed by atoms with Crippen LogP contribution < -0.4 is 4.90 Å². The number of aliphatic imine (C=N–C) groups is 1. The number of hydrogen-bond acceptors (Lipinski definition) is 3. The molecule has 0 saturated carbocycles. The lowest BCUT2D eigenvalue weighted by Gasteiger charge is -2.23. The minimum Gasteiger partial charge on any atom is -0.311 e. The largest absolute Gasteiger partial charge is 0.417 e. The Bertz CT molecular complexity index is 828. The second-order valence-electron chi connectivity index (χ2n) is 5.10. The summed E-state index contributed by atoms with van der Waals surface area (Å²) in [5, 5.41) is 0.289. The zero-order valence-electron chi connectivity index (χ0n) is 14.0. The summed E-state index contributed by atoms with van der Waals surface area (Å²) in [6.45, 7) is 3.63. The number of anilines is 1. The van der Waals surface area contributed by atoms with Gasteiger partial charge in [0.05, 0.1) is 15.7 Å². The van der Waals surface area contributed by atoms with E-state index in [-0.39, 0.29) is 5.17 Å². The van der Waals surface area contributed by atoms with Crippen LogP contribution in [0.25, 0.3) is 0 Å². The van der Waals surface area contributed by atoms with Crippen molar-refractivity contribution in [1.82, 2.24) is 4.98 Å². The number of benzene rings is 1. The number of rotatable bonds is 5. The van der Waals surface area contributed by atoms with Crippen LogP contribution in [0.3, 0.4) is 0 Å². The van der Waals surface area contributed by atoms with Gasteiger partial charge in [-0.3, -0.25) is 9.78 Å². The summed E-state index contributed by atoms with van der Waals surface area (Å²) in [6.07, 6.45) is -1.15. The Balaban J connectivity index is 2.46. The van der Waals surface area contributed by atoms with Crippen LogP contribution in [0.4, 0.5) is 18.9 Å². The van der Waals surface area contributed by atoms with Crippen LogP contribution in [-0.2, 0) is 6.18 Å². The third-order valence-corrected chi connectivity index (χ3v) is 4.96. The van der Waals surface area contributed by atoms with Gasteiger partial charge in [-0.1, -0.05) is 58.6 Å². The molecular weight excluding hydrogens is 490 g/mol. The van der Waals surface area contributed by atoms with Crippen molar-refractivity contribution in [3.05, 3.63) is 72.6 Å². The van der Waals surface area contributed by atoms with Crippen LogP contribution in [0.15, 0.2) is 66.4 Å². The van der Waals surface area contributed by atoms with Crippen molar-refractivity contribution in [2.75, 3.05) is 15.2 Å². The number of para-hydroxylation sites is 1. The highest BCUT2D eigenvalue weighted by molar-refractivity contribution is 14.1. The molecular formula is C18H15F3IN3OS. The molecule has 2 aromatic rings. The van der Waals surface area contributed by atoms with Crippen LogP contribution in [0, 0.1) is 0 Å². The predicted octanol–water partition coefficient (Wildman–Crippen LogP) is 5.41. The van der Waals surface area contributed by atoms with Crippen LogP contribution in [0.5, 0.6) is 0 Å². The van der Waals surface area contributed by atoms with Crippen molar-refractivity contribution in [2.24, 2.45) is 4.99 Å². The predicted molar refractivity (Wildman–Crippen MR) is 111 cm³/mol. The third kappa shape index (κ3) is 5.80. The van der Waals surface area contributed by atoms with E-state index in [0.717, 1.165) is 24.1 Å². The van der Waals surface area contributed by atoms with E-state index in [1.807, 2.05) is 30.3 Å². The van der Waals surface area contributed by atoms with Gasteiger partial charge < -0.3 is 4.90 Å². The Labute approximate surface area is 172 Å². The van der Waals surface area contributed by atoms with Gasteiger partial charge >= 0.3 is 6.18 Å². The van der Waals surface area contributed by atoms with Gasteiger partial charge in [-0.2, -0.15) is 18.2 Å². The second kappa shape index (κ2) is 9.88. The average Bonchev–Trinajstić information content (AvgIpc) is 2.66. The highest BCUT2D eigenvalue weighted by atomic mass is 127. The molecule has 4 nitrogen and oxygen atoms in total. The van der Waals surface area contributed by atoms with Crippen molar-refractivity contribution in [1.29, 1.82) is 0 Å². The first-order valence-electron chi connectivity index (χ1n) is 7.65. The summed E-state index contributed by atoms with van der Waals surface area (Å²) in [5.74, 6) is -0.543. The number of thioether (sulfide) groups is 1. The van der Waals surface area contributed by atoms with Crippen molar-refractivity contribution < 1.29 is 18.0 Å². The molecule has 1 heterocycles. The number of aromatic nitrogens is 1. The Hall–Kier alpha value is -1.88. The van der Waals surface area contributed by atoms with E-state index in [1.165, 1.54) is 11.8 Å². The van der Waals surface area contributed by atoms with Gasteiger partial charge in [0, 0.05) is 23.8 Å². The molecule has 0 aliphatic heterocycles. The standard InChI is InChI=1S/C18H15F3IN3OS/c1-2-10-27-17(25(12-22)13-6-4-3-5-7-13)24-16(26)14-11-23-9-8-15(14)18(19,20)21/h2-9,11H,1,10,12H2. The quantitative estimate of drug-likeness (QED) is 0.136. The van der Waals surface area contributed by atoms with Crippen LogP contribution in [0.2, 0.25) is 0 Å². The first kappa shape index (κ1) is 21.4. The lowest BCUT2D eigenvalue weighted by Crippen LogP contribution is -2.28. The first-order valence-corrected chi connectivity index (χ1v) is 10.2. The Kier molecular flexibility index (Phi) is 7.84. The summed E-state index contributed by atoms with van der Waals surface area (Å²) in [7, 11) is 0. The van der Waals surface area contributed by atoms with E-state index in [2.05, 4.69) is 39.1 Å². The molecule has 0 spiro atoms. The molecule has 0 radical (unpaired) electrons. The van der Waals surface area contributed by atoms with Crippen LogP contribution >= 0.6 is 34.4 Å². The smallest absolute Gasteiger partial charge is 0.311 e. The number of amides is 1. The fourth-order valence-corrected chi connectivity index (χ4v) is 3.79. The van der Waals surface area contributed by atoms with E-state index in [0.29, 0.717) is 10.3 Å². The molecule has 0 atom stereocenters. The average molecular weight is 505 g/mol. The molecule has 0 unspecified atom stereocenters. The van der Waals surface area contributed by atoms with Gasteiger partial charge in [0.2, 0.25) is 0 Å². The number of amidine groups is 1. The fraction of sp³-hybridized carbons (Fsp3) is 0.167. The van der Waals surface area contributed by atoms with Gasteiger partial charge in [0.15, 0.2) is 5.17 Å². The molecule has 0 saturated heterocycles. The summed E-state index contributed by atoms with van der Waals surface area (Å²) in [4.78, 5) is 21.9. The molecule has 0 N–H and O–H groups in total. The normalized spacial score (nSPS) is 11.9. The van der Waals surface area contributed by atoms with Crippen molar-refractivity contribution in [2.45, 2.75) is 6.18 Å². The fourth-order valence-electron chi connectivity index (χ4n) is 2.10. The van der Waals surface area contributed by atoms with E-state index in [9.17, 15) is 18.0 Å². The second-order valence-corrected chi connectivity index (χ2v) is 6.77. The molecule has 0 aliphatic rings. The van der Waals surface area contributed by atoms with E-state index in [4.69, 9.17) is 0 Å². The number of alkyl halides is 4. The number of carbonyl (C=O) groups excluding carboxylic acids is 1. The van der Waals surface area contributed by atoms with Crippen molar-refractivity contribution in [3.63, 3.8) is 0 Å². The number of halogens is 4. The highest BCUT2D eigenvalue weighted by Crippen LogP contribution is 2.32. The maximum atomic E-state index is 13.2. The Morgan fingerprint density at radius 3 is 2.59 bits per heavy atom. The third-order valence-electron chi connectivity index (χ3n) is 3.30. The maximum absolute atomic E-state index is 13.2. The summed E-state index contributed by atoms with van der Waals surface area (Å²) in [6, 6.07) is 9.94. The summed E-state index contributed by atoms with van der Waals surface area (Å²) in [5.41, 5.74) is -0.861. The van der Waals surface area contributed by atoms with Crippen molar-refractivity contribution >= 4 is 51.1 Å². The lowest BCUT2D eigenvalue weighted by atomic mass is 10.1. The molecule has 0 bridgehead atoms. The molecule has 1 amide bonds. The number of carbonyl (C=O) groups is 1. The minimum absolute atomic E-state index is 0.289. The zero-order chi connectivity index (χ0) is 19.9. The monoisotopic (exact) mass is 505 g/mol. The van der Waals surface area contributed by atoms with Gasteiger partial charge in [0.25, 0.3) is 5.91 Å². The minimum atomic E-state index is -4.67. The lowest BCUT2D eigenvalue weighted by molar-refractivity contribution is -0.138. The molecule has 2 rings (SSSR count). The maximum Gasteiger partial charge on any atom is 0.417 e. The number of hydrogen-bond donors (Lipinski definition) is 0. The van der Waals surface area contributed by atoms with E-state index >= 15 is 0 Å². The first-order chi connectivity index (χ1) is 12.9. The zero-order valence-corrected chi connectivity index (χ0v) is 17.0. The van der Waals surface area contributed by atoms with E-state index < -0.39 is 23.2 Å². The van der Waals surface area contributed by atoms with Crippen LogP contribution in [0.1, 0.15) is 15.9 Å². The van der Waals surface area contributed by atoms with Gasteiger partial charge in [-0.15, -0.1) is 6.58 Å². The molecule has 1 aromatic heterocycles. The van der Waals surface area contributed by atoms with Gasteiger partial charge in [-0.05, 0) is 18.2 Å². The molecule has 9 heteroatoms. The Morgan fingerprint density at radius 1 is 1.30 bits per heavy atom. The van der Waals surface area contributed by atoms with Crippen LogP contribution in [-0.4, -0.2) is 26.4 Å².